The molecule has 0 radical (unpaired) electrons. The van der Waals surface area contributed by atoms with Gasteiger partial charge in [-0.1, -0.05) is 18.2 Å². The van der Waals surface area contributed by atoms with Crippen LogP contribution in [0.4, 0.5) is 5.69 Å². The molecular formula is C17H28N4O4S2. The van der Waals surface area contributed by atoms with Crippen LogP contribution >= 0.6 is 0 Å². The number of guanidine groups is 1. The lowest BCUT2D eigenvalue weighted by Crippen LogP contribution is -2.45. The molecule has 0 saturated carbocycles. The molecule has 0 aromatic heterocycles. The fourth-order valence-corrected chi connectivity index (χ4v) is 5.11. The lowest BCUT2D eigenvalue weighted by atomic mass is 10.2. The van der Waals surface area contributed by atoms with Crippen molar-refractivity contribution >= 4 is 31.5 Å². The molecule has 1 unspecified atom stereocenters. The molecule has 0 spiro atoms. The molecule has 2 N–H and O–H groups in total. The average Bonchev–Trinajstić information content (AvgIpc) is 3.03. The van der Waals surface area contributed by atoms with Crippen molar-refractivity contribution in [1.82, 2.24) is 10.6 Å². The summed E-state index contributed by atoms with van der Waals surface area (Å²) in [6.07, 6.45) is 2.38. The van der Waals surface area contributed by atoms with Gasteiger partial charge in [-0.25, -0.2) is 16.8 Å². The van der Waals surface area contributed by atoms with Crippen LogP contribution in [0.1, 0.15) is 18.9 Å². The number of rotatable bonds is 8. The standard InChI is InChI=1S/C17H28N4O4S2/c1-14(9-12-26(3,22)23)20-17(18-2)19-10-13-27(24,25)21-11-8-15-6-4-5-7-16(15)21/h4-7,14H,8-13H2,1-3H3,(H2,18,19,20). The van der Waals surface area contributed by atoms with Crippen molar-refractivity contribution in [1.29, 1.82) is 0 Å². The second-order valence-corrected chi connectivity index (χ2v) is 11.0. The number of sulfone groups is 1. The molecule has 0 aliphatic carbocycles. The monoisotopic (exact) mass is 416 g/mol. The third-order valence-electron chi connectivity index (χ3n) is 4.36. The highest BCUT2D eigenvalue weighted by Gasteiger charge is 2.28. The zero-order chi connectivity index (χ0) is 20.1. The summed E-state index contributed by atoms with van der Waals surface area (Å²) in [5.41, 5.74) is 1.81. The van der Waals surface area contributed by atoms with E-state index in [4.69, 9.17) is 0 Å². The van der Waals surface area contributed by atoms with Gasteiger partial charge in [0.1, 0.15) is 9.84 Å². The first-order chi connectivity index (χ1) is 12.6. The Balaban J connectivity index is 1.85. The van der Waals surface area contributed by atoms with Crippen LogP contribution in [0.3, 0.4) is 0 Å². The lowest BCUT2D eigenvalue weighted by molar-refractivity contribution is 0.579. The summed E-state index contributed by atoms with van der Waals surface area (Å²) in [5.74, 6) is 0.480. The normalized spacial score (nSPS) is 16.1. The summed E-state index contributed by atoms with van der Waals surface area (Å²) >= 11 is 0. The molecule has 1 aromatic rings. The molecule has 8 nitrogen and oxygen atoms in total. The zero-order valence-electron chi connectivity index (χ0n) is 16.0. The summed E-state index contributed by atoms with van der Waals surface area (Å²) < 4.78 is 49.3. The highest BCUT2D eigenvalue weighted by atomic mass is 32.2. The fourth-order valence-electron chi connectivity index (χ4n) is 2.90. The summed E-state index contributed by atoms with van der Waals surface area (Å²) in [6, 6.07) is 7.43. The number of sulfonamides is 1. The van der Waals surface area contributed by atoms with Gasteiger partial charge in [0.15, 0.2) is 5.96 Å². The molecule has 1 aliphatic rings. The number of nitrogens with zero attached hydrogens (tertiary/aromatic N) is 2. The largest absolute Gasteiger partial charge is 0.355 e. The fraction of sp³-hybridized carbons (Fsp3) is 0.588. The Labute approximate surface area is 162 Å². The SMILES string of the molecule is CN=C(NCCS(=O)(=O)N1CCc2ccccc21)NC(C)CCS(C)(=O)=O. The van der Waals surface area contributed by atoms with Crippen molar-refractivity contribution in [2.75, 3.05) is 42.2 Å². The molecule has 0 bridgehead atoms. The van der Waals surface area contributed by atoms with Gasteiger partial charge in [0.25, 0.3) is 0 Å². The van der Waals surface area contributed by atoms with E-state index < -0.39 is 19.9 Å². The quantitative estimate of drug-likeness (QED) is 0.468. The minimum Gasteiger partial charge on any atom is -0.355 e. The van der Waals surface area contributed by atoms with E-state index in [-0.39, 0.29) is 24.1 Å². The first kappa shape index (κ1) is 21.5. The molecule has 2 rings (SSSR count). The molecule has 1 atom stereocenters. The Morgan fingerprint density at radius 2 is 1.93 bits per heavy atom. The van der Waals surface area contributed by atoms with Gasteiger partial charge >= 0.3 is 0 Å². The highest BCUT2D eigenvalue weighted by molar-refractivity contribution is 7.92. The van der Waals surface area contributed by atoms with Crippen LogP contribution in [0, 0.1) is 0 Å². The van der Waals surface area contributed by atoms with E-state index in [0.717, 1.165) is 17.7 Å². The topological polar surface area (TPSA) is 108 Å². The van der Waals surface area contributed by atoms with Gasteiger partial charge in [-0.3, -0.25) is 9.30 Å². The molecule has 152 valence electrons. The molecule has 1 aliphatic heterocycles. The second-order valence-electron chi connectivity index (χ2n) is 6.73. The molecule has 0 amide bonds. The van der Waals surface area contributed by atoms with E-state index in [1.807, 2.05) is 31.2 Å². The Morgan fingerprint density at radius 3 is 2.59 bits per heavy atom. The number of aliphatic imine (C=N–C) groups is 1. The summed E-state index contributed by atoms with van der Waals surface area (Å²) in [6.45, 7) is 2.53. The van der Waals surface area contributed by atoms with E-state index in [2.05, 4.69) is 15.6 Å². The minimum atomic E-state index is -3.43. The Kier molecular flexibility index (Phi) is 7.10. The van der Waals surface area contributed by atoms with E-state index in [1.54, 1.807) is 7.05 Å². The predicted octanol–water partition coefficient (Wildman–Crippen LogP) is 0.367. The van der Waals surface area contributed by atoms with E-state index in [0.29, 0.717) is 18.9 Å². The Morgan fingerprint density at radius 1 is 1.22 bits per heavy atom. The van der Waals surface area contributed by atoms with Crippen molar-refractivity contribution in [2.45, 2.75) is 25.8 Å². The summed E-state index contributed by atoms with van der Waals surface area (Å²) in [7, 11) is -4.86. The van der Waals surface area contributed by atoms with Crippen LogP contribution < -0.4 is 14.9 Å². The van der Waals surface area contributed by atoms with Crippen molar-refractivity contribution in [2.24, 2.45) is 4.99 Å². The number of hydrogen-bond donors (Lipinski definition) is 2. The number of benzene rings is 1. The van der Waals surface area contributed by atoms with Crippen molar-refractivity contribution in [3.63, 3.8) is 0 Å². The van der Waals surface area contributed by atoms with Gasteiger partial charge < -0.3 is 10.6 Å². The van der Waals surface area contributed by atoms with Gasteiger partial charge in [-0.05, 0) is 31.4 Å². The average molecular weight is 417 g/mol. The van der Waals surface area contributed by atoms with Crippen LogP contribution in [-0.4, -0.2) is 66.7 Å². The molecule has 0 saturated heterocycles. The van der Waals surface area contributed by atoms with E-state index in [1.165, 1.54) is 10.6 Å². The molecular weight excluding hydrogens is 388 g/mol. The smallest absolute Gasteiger partial charge is 0.236 e. The maximum Gasteiger partial charge on any atom is 0.236 e. The second kappa shape index (κ2) is 8.92. The first-order valence-corrected chi connectivity index (χ1v) is 12.5. The molecule has 1 heterocycles. The molecule has 1 aromatic carbocycles. The van der Waals surface area contributed by atoms with Crippen LogP contribution in [0.15, 0.2) is 29.3 Å². The van der Waals surface area contributed by atoms with Gasteiger partial charge in [-0.2, -0.15) is 0 Å². The van der Waals surface area contributed by atoms with E-state index in [9.17, 15) is 16.8 Å². The number of fused-ring (bicyclic) bond motifs is 1. The molecule has 0 fully saturated rings. The maximum atomic E-state index is 12.7. The Bertz CT molecular complexity index is 882. The van der Waals surface area contributed by atoms with E-state index >= 15 is 0 Å². The van der Waals surface area contributed by atoms with Crippen molar-refractivity contribution in [3.8, 4) is 0 Å². The third kappa shape index (κ3) is 6.39. The van der Waals surface area contributed by atoms with Gasteiger partial charge in [0.2, 0.25) is 10.0 Å². The van der Waals surface area contributed by atoms with Crippen LogP contribution in [0.2, 0.25) is 0 Å². The minimum absolute atomic E-state index is 0.0558. The maximum absolute atomic E-state index is 12.7. The van der Waals surface area contributed by atoms with Crippen molar-refractivity contribution in [3.05, 3.63) is 29.8 Å². The summed E-state index contributed by atoms with van der Waals surface area (Å²) in [4.78, 5) is 4.06. The third-order valence-corrected chi connectivity index (χ3v) is 7.11. The number of anilines is 1. The van der Waals surface area contributed by atoms with Gasteiger partial charge in [-0.15, -0.1) is 0 Å². The van der Waals surface area contributed by atoms with Crippen molar-refractivity contribution < 1.29 is 16.8 Å². The molecule has 27 heavy (non-hydrogen) atoms. The van der Waals surface area contributed by atoms with Crippen LogP contribution in [-0.2, 0) is 26.3 Å². The first-order valence-electron chi connectivity index (χ1n) is 8.85. The van der Waals surface area contributed by atoms with Crippen LogP contribution in [0.5, 0.6) is 0 Å². The van der Waals surface area contributed by atoms with Gasteiger partial charge in [0.05, 0.1) is 17.2 Å². The summed E-state index contributed by atoms with van der Waals surface area (Å²) in [5, 5.41) is 6.06. The molecule has 10 heteroatoms. The lowest BCUT2D eigenvalue weighted by Gasteiger charge is -2.21. The predicted molar refractivity (Wildman–Crippen MR) is 110 cm³/mol. The zero-order valence-corrected chi connectivity index (χ0v) is 17.6. The number of nitrogens with one attached hydrogen (secondary N) is 2. The van der Waals surface area contributed by atoms with Crippen LogP contribution in [0.25, 0.3) is 0 Å². The number of para-hydroxylation sites is 1. The highest BCUT2D eigenvalue weighted by Crippen LogP contribution is 2.29. The Hall–Kier alpha value is -1.81. The number of hydrogen-bond acceptors (Lipinski definition) is 5. The van der Waals surface area contributed by atoms with Gasteiger partial charge in [0, 0.05) is 32.4 Å².